The third kappa shape index (κ3) is 4.72. The second-order valence-corrected chi connectivity index (χ2v) is 2.08. The molecule has 1 rings (SSSR count). The number of benzene rings is 1. The SMILES string of the molecule is O=C(O)/C=C/c1ccccc1.[SrH2]. The minimum atomic E-state index is -0.922. The number of carboxylic acids is 1. The van der Waals surface area contributed by atoms with Crippen LogP contribution in [0, 0.1) is 0 Å². The second-order valence-electron chi connectivity index (χ2n) is 2.08. The zero-order chi connectivity index (χ0) is 8.10. The Labute approximate surface area is 108 Å². The Morgan fingerprint density at radius 2 is 1.83 bits per heavy atom. The Morgan fingerprint density at radius 3 is 2.33 bits per heavy atom. The number of hydrogen-bond donors (Lipinski definition) is 1. The zero-order valence-electron chi connectivity index (χ0n) is 5.90. The van der Waals surface area contributed by atoms with Crippen molar-refractivity contribution in [2.24, 2.45) is 0 Å². The van der Waals surface area contributed by atoms with E-state index in [9.17, 15) is 4.79 Å². The monoisotopic (exact) mass is 238 g/mol. The first-order valence-corrected chi connectivity index (χ1v) is 3.25. The van der Waals surface area contributed by atoms with Gasteiger partial charge in [-0.25, -0.2) is 4.79 Å². The normalized spacial score (nSPS) is 9.33. The van der Waals surface area contributed by atoms with Gasteiger partial charge in [0.05, 0.1) is 0 Å². The van der Waals surface area contributed by atoms with Crippen LogP contribution >= 0.6 is 0 Å². The number of carbonyl (C=O) groups is 1. The van der Waals surface area contributed by atoms with E-state index in [1.165, 1.54) is 0 Å². The molecule has 2 nitrogen and oxygen atoms in total. The van der Waals surface area contributed by atoms with Gasteiger partial charge in [0, 0.05) is 6.08 Å². The molecule has 0 saturated heterocycles. The van der Waals surface area contributed by atoms with E-state index in [2.05, 4.69) is 0 Å². The first kappa shape index (κ1) is 11.9. The van der Waals surface area contributed by atoms with Gasteiger partial charge in [-0.3, -0.25) is 0 Å². The van der Waals surface area contributed by atoms with Crippen LogP contribution in [0.5, 0.6) is 0 Å². The van der Waals surface area contributed by atoms with Crippen molar-refractivity contribution in [2.45, 2.75) is 0 Å². The standard InChI is InChI=1S/C9H8O2.Sr.2H/c10-9(11)7-6-8-4-2-1-3-5-8;;;/h1-7H,(H,10,11);;;/b7-6+;;;. The topological polar surface area (TPSA) is 37.3 Å². The zero-order valence-corrected chi connectivity index (χ0v) is 5.90. The van der Waals surface area contributed by atoms with Gasteiger partial charge in [0.1, 0.15) is 0 Å². The molecule has 0 aromatic heterocycles. The van der Waals surface area contributed by atoms with Crippen LogP contribution in [0.4, 0.5) is 0 Å². The Kier molecular flexibility index (Phi) is 6.38. The van der Waals surface area contributed by atoms with Gasteiger partial charge in [0.25, 0.3) is 0 Å². The van der Waals surface area contributed by atoms with E-state index < -0.39 is 5.97 Å². The Morgan fingerprint density at radius 1 is 1.25 bits per heavy atom. The third-order valence-electron chi connectivity index (χ3n) is 1.22. The van der Waals surface area contributed by atoms with E-state index in [0.29, 0.717) is 0 Å². The molecule has 60 valence electrons. The van der Waals surface area contributed by atoms with E-state index in [0.717, 1.165) is 11.6 Å². The summed E-state index contributed by atoms with van der Waals surface area (Å²) in [5.74, 6) is -0.922. The summed E-state index contributed by atoms with van der Waals surface area (Å²) in [5.41, 5.74) is 0.898. The Balaban J connectivity index is 0.00000121. The van der Waals surface area contributed by atoms with Crippen LogP contribution in [0.15, 0.2) is 36.4 Å². The molecule has 0 aliphatic carbocycles. The fourth-order valence-corrected chi connectivity index (χ4v) is 0.732. The molecule has 1 aromatic carbocycles. The summed E-state index contributed by atoms with van der Waals surface area (Å²) in [6.07, 6.45) is 2.68. The molecule has 0 heterocycles. The molecular weight excluding hydrogens is 228 g/mol. The molecule has 0 amide bonds. The van der Waals surface area contributed by atoms with E-state index in [1.54, 1.807) is 6.08 Å². The molecule has 0 atom stereocenters. The summed E-state index contributed by atoms with van der Waals surface area (Å²) in [4.78, 5) is 10.1. The molecule has 1 aromatic rings. The van der Waals surface area contributed by atoms with Gasteiger partial charge in [-0.1, -0.05) is 30.3 Å². The van der Waals surface area contributed by atoms with Crippen LogP contribution < -0.4 is 0 Å². The van der Waals surface area contributed by atoms with Gasteiger partial charge < -0.3 is 5.11 Å². The molecule has 0 aliphatic rings. The van der Waals surface area contributed by atoms with Crippen molar-refractivity contribution >= 4 is 57.5 Å². The van der Waals surface area contributed by atoms with Crippen molar-refractivity contribution in [3.8, 4) is 0 Å². The van der Waals surface area contributed by atoms with Crippen molar-refractivity contribution in [1.82, 2.24) is 0 Å². The average Bonchev–Trinajstić information content (AvgIpc) is 2.03. The van der Waals surface area contributed by atoms with E-state index in [-0.39, 0.29) is 45.5 Å². The average molecular weight is 238 g/mol. The van der Waals surface area contributed by atoms with Crippen molar-refractivity contribution in [2.75, 3.05) is 0 Å². The van der Waals surface area contributed by atoms with Crippen LogP contribution in [0.3, 0.4) is 0 Å². The molecule has 0 spiro atoms. The number of carboxylic acid groups (broad SMARTS) is 1. The molecule has 3 heteroatoms. The quantitative estimate of drug-likeness (QED) is 0.612. The Hall–Kier alpha value is -0.0895. The van der Waals surface area contributed by atoms with Gasteiger partial charge in [-0.15, -0.1) is 0 Å². The number of hydrogen-bond acceptors (Lipinski definition) is 1. The van der Waals surface area contributed by atoms with Crippen LogP contribution in [0.2, 0.25) is 0 Å². The molecule has 0 saturated carbocycles. The summed E-state index contributed by atoms with van der Waals surface area (Å²) in [6.45, 7) is 0. The van der Waals surface area contributed by atoms with E-state index >= 15 is 0 Å². The van der Waals surface area contributed by atoms with Crippen LogP contribution in [-0.2, 0) is 4.79 Å². The van der Waals surface area contributed by atoms with Gasteiger partial charge in [0.2, 0.25) is 0 Å². The molecule has 0 fully saturated rings. The predicted molar refractivity (Wildman–Crippen MR) is 51.7 cm³/mol. The number of rotatable bonds is 2. The predicted octanol–water partition coefficient (Wildman–Crippen LogP) is 0.868. The summed E-state index contributed by atoms with van der Waals surface area (Å²) >= 11 is 0. The van der Waals surface area contributed by atoms with Gasteiger partial charge in [-0.2, -0.15) is 0 Å². The van der Waals surface area contributed by atoms with Gasteiger partial charge >= 0.3 is 51.5 Å². The van der Waals surface area contributed by atoms with Crippen LogP contribution in [0.25, 0.3) is 6.08 Å². The summed E-state index contributed by atoms with van der Waals surface area (Å²) in [5, 5.41) is 8.29. The molecular formula is C9H10O2Sr. The fourth-order valence-electron chi connectivity index (χ4n) is 0.732. The third-order valence-corrected chi connectivity index (χ3v) is 1.22. The number of aliphatic carboxylic acids is 1. The van der Waals surface area contributed by atoms with Crippen LogP contribution in [0.1, 0.15) is 5.56 Å². The summed E-state index contributed by atoms with van der Waals surface area (Å²) in [6, 6.07) is 9.31. The van der Waals surface area contributed by atoms with Crippen molar-refractivity contribution in [3.63, 3.8) is 0 Å². The molecule has 12 heavy (non-hydrogen) atoms. The molecule has 0 radical (unpaired) electrons. The molecule has 0 bridgehead atoms. The van der Waals surface area contributed by atoms with Gasteiger partial charge in [-0.05, 0) is 11.6 Å². The summed E-state index contributed by atoms with van der Waals surface area (Å²) in [7, 11) is 0. The first-order valence-electron chi connectivity index (χ1n) is 3.25. The molecule has 0 unspecified atom stereocenters. The summed E-state index contributed by atoms with van der Waals surface area (Å²) < 4.78 is 0. The maximum absolute atomic E-state index is 10.1. The fraction of sp³-hybridized carbons (Fsp3) is 0. The Bertz CT molecular complexity index is 267. The second kappa shape index (κ2) is 6.43. The molecule has 0 aliphatic heterocycles. The van der Waals surface area contributed by atoms with Crippen LogP contribution in [-0.4, -0.2) is 56.6 Å². The van der Waals surface area contributed by atoms with E-state index in [1.807, 2.05) is 30.3 Å². The maximum atomic E-state index is 10.1. The minimum absolute atomic E-state index is 0. The van der Waals surface area contributed by atoms with Crippen molar-refractivity contribution < 1.29 is 9.90 Å². The van der Waals surface area contributed by atoms with Crippen molar-refractivity contribution in [1.29, 1.82) is 0 Å². The molecule has 1 N–H and O–H groups in total. The first-order chi connectivity index (χ1) is 5.29. The van der Waals surface area contributed by atoms with E-state index in [4.69, 9.17) is 5.11 Å². The van der Waals surface area contributed by atoms with Crippen molar-refractivity contribution in [3.05, 3.63) is 42.0 Å². The van der Waals surface area contributed by atoms with Gasteiger partial charge in [0.15, 0.2) is 0 Å².